The van der Waals surface area contributed by atoms with Crippen LogP contribution in [0.15, 0.2) is 89.8 Å². The maximum Gasteiger partial charge on any atom is 0.336 e. The van der Waals surface area contributed by atoms with Crippen LogP contribution in [-0.2, 0) is 4.79 Å². The van der Waals surface area contributed by atoms with Gasteiger partial charge in [0.25, 0.3) is 5.91 Å². The van der Waals surface area contributed by atoms with Crippen LogP contribution >= 0.6 is 11.8 Å². The quantitative estimate of drug-likeness (QED) is 0.188. The Hall–Kier alpha value is -5.55. The van der Waals surface area contributed by atoms with Gasteiger partial charge >= 0.3 is 11.9 Å². The molecule has 0 aliphatic heterocycles. The van der Waals surface area contributed by atoms with Crippen LogP contribution in [0.5, 0.6) is 0 Å². The molecule has 0 saturated heterocycles. The highest BCUT2D eigenvalue weighted by Gasteiger charge is 2.31. The molecule has 0 spiro atoms. The van der Waals surface area contributed by atoms with Crippen LogP contribution in [-0.4, -0.2) is 51.3 Å². The first-order valence-electron chi connectivity index (χ1n) is 12.4. The van der Waals surface area contributed by atoms with Crippen molar-refractivity contribution in [3.05, 3.63) is 124 Å². The van der Waals surface area contributed by atoms with Gasteiger partial charge in [-0.3, -0.25) is 19.2 Å². The van der Waals surface area contributed by atoms with Gasteiger partial charge in [-0.1, -0.05) is 42.5 Å². The van der Waals surface area contributed by atoms with E-state index in [-0.39, 0.29) is 50.8 Å². The molecule has 0 fully saturated rings. The average molecular weight is 581 g/mol. The third-order valence-corrected chi connectivity index (χ3v) is 7.42. The van der Waals surface area contributed by atoms with Gasteiger partial charge in [-0.2, -0.15) is 0 Å². The van der Waals surface area contributed by atoms with E-state index < -0.39 is 29.3 Å². The summed E-state index contributed by atoms with van der Waals surface area (Å²) in [5, 5.41) is 23.9. The minimum absolute atomic E-state index is 0.0559. The molecule has 4 aromatic rings. The fourth-order valence-corrected chi connectivity index (χ4v) is 5.25. The Morgan fingerprint density at radius 3 is 2.07 bits per heavy atom. The third-order valence-electron chi connectivity index (χ3n) is 6.43. The lowest BCUT2D eigenvalue weighted by atomic mass is 9.83. The number of hydrogen-bond donors (Lipinski definition) is 4. The van der Waals surface area contributed by atoms with Crippen LogP contribution in [0.1, 0.15) is 62.9 Å². The number of nitrogens with one attached hydrogen (secondary N) is 2. The number of anilines is 2. The number of fused-ring (bicyclic) bond motifs is 2. The number of amides is 2. The first-order chi connectivity index (χ1) is 20.1. The predicted molar refractivity (Wildman–Crippen MR) is 154 cm³/mol. The summed E-state index contributed by atoms with van der Waals surface area (Å²) in [6.07, 6.45) is 0. The van der Waals surface area contributed by atoms with Crippen molar-refractivity contribution in [2.75, 3.05) is 16.4 Å². The van der Waals surface area contributed by atoms with Crippen molar-refractivity contribution in [1.82, 2.24) is 0 Å². The lowest BCUT2D eigenvalue weighted by Crippen LogP contribution is -2.24. The number of hydrogen-bond acceptors (Lipinski definition) is 7. The highest BCUT2D eigenvalue weighted by molar-refractivity contribution is 8.00. The highest BCUT2D eigenvalue weighted by Crippen LogP contribution is 2.32. The molecule has 42 heavy (non-hydrogen) atoms. The fourth-order valence-electron chi connectivity index (χ4n) is 4.50. The third kappa shape index (κ3) is 5.54. The van der Waals surface area contributed by atoms with E-state index in [1.165, 1.54) is 0 Å². The smallest absolute Gasteiger partial charge is 0.336 e. The second-order valence-electron chi connectivity index (χ2n) is 9.12. The monoisotopic (exact) mass is 580 g/mol. The largest absolute Gasteiger partial charge is 0.478 e. The summed E-state index contributed by atoms with van der Waals surface area (Å²) < 4.78 is 0. The molecule has 4 N–H and O–H groups in total. The van der Waals surface area contributed by atoms with E-state index in [0.717, 1.165) is 30.0 Å². The number of carboxylic acid groups (broad SMARTS) is 2. The Bertz CT molecular complexity index is 1830. The van der Waals surface area contributed by atoms with Gasteiger partial charge in [-0.15, -0.1) is 11.8 Å². The highest BCUT2D eigenvalue weighted by atomic mass is 32.2. The Morgan fingerprint density at radius 1 is 0.667 bits per heavy atom. The first kappa shape index (κ1) is 28.0. The molecule has 11 heteroatoms. The van der Waals surface area contributed by atoms with Crippen LogP contribution in [0.2, 0.25) is 0 Å². The topological polar surface area (TPSA) is 167 Å². The lowest BCUT2D eigenvalue weighted by molar-refractivity contribution is -0.113. The molecule has 4 aromatic carbocycles. The Balaban J connectivity index is 1.27. The summed E-state index contributed by atoms with van der Waals surface area (Å²) in [5.74, 6) is -4.65. The molecule has 0 radical (unpaired) electrons. The van der Waals surface area contributed by atoms with Crippen molar-refractivity contribution in [2.45, 2.75) is 4.90 Å². The number of aromatic carboxylic acids is 2. The van der Waals surface area contributed by atoms with Gasteiger partial charge in [0.2, 0.25) is 5.91 Å². The standard InChI is InChI=1S/C31H20N2O8S/c34-25(33-24-10-4-9-22-26(24)28(36)20-8-2-1-7-19(20)27(22)35)15-42-18-6-3-5-17(14-18)32-29(37)21-12-11-16(30(38)39)13-23(21)31(40)41/h1-14H,15H2,(H,32,37)(H,33,34)(H,38,39)(H,40,41). The van der Waals surface area contributed by atoms with Crippen molar-refractivity contribution in [3.63, 3.8) is 0 Å². The molecular weight excluding hydrogens is 560 g/mol. The fraction of sp³-hybridized carbons (Fsp3) is 0.0323. The number of benzene rings is 4. The summed E-state index contributed by atoms with van der Waals surface area (Å²) in [6.45, 7) is 0. The molecule has 5 rings (SSSR count). The van der Waals surface area contributed by atoms with Gasteiger partial charge in [0, 0.05) is 27.3 Å². The number of carbonyl (C=O) groups is 6. The van der Waals surface area contributed by atoms with Crippen LogP contribution < -0.4 is 10.6 Å². The maximum atomic E-state index is 13.2. The van der Waals surface area contributed by atoms with Gasteiger partial charge in [-0.25, -0.2) is 9.59 Å². The van der Waals surface area contributed by atoms with Gasteiger partial charge in [-0.05, 0) is 42.5 Å². The maximum absolute atomic E-state index is 13.2. The van der Waals surface area contributed by atoms with Crippen molar-refractivity contribution >= 4 is 58.5 Å². The summed E-state index contributed by atoms with van der Waals surface area (Å²) in [7, 11) is 0. The summed E-state index contributed by atoms with van der Waals surface area (Å²) >= 11 is 1.15. The van der Waals surface area contributed by atoms with Crippen LogP contribution in [0.4, 0.5) is 11.4 Å². The average Bonchev–Trinajstić information content (AvgIpc) is 2.98. The van der Waals surface area contributed by atoms with Gasteiger partial charge in [0.1, 0.15) is 0 Å². The first-order valence-corrected chi connectivity index (χ1v) is 13.4. The van der Waals surface area contributed by atoms with Gasteiger partial charge in [0.15, 0.2) is 11.6 Å². The van der Waals surface area contributed by atoms with E-state index in [9.17, 15) is 33.9 Å². The number of carboxylic acids is 2. The molecule has 1 aliphatic rings. The summed E-state index contributed by atoms with van der Waals surface area (Å²) in [4.78, 5) is 75.1. The lowest BCUT2D eigenvalue weighted by Gasteiger charge is -2.20. The summed E-state index contributed by atoms with van der Waals surface area (Å²) in [5.41, 5.74) is 0.568. The van der Waals surface area contributed by atoms with E-state index in [4.69, 9.17) is 5.11 Å². The van der Waals surface area contributed by atoms with E-state index in [1.807, 2.05) is 0 Å². The van der Waals surface area contributed by atoms with Crippen LogP contribution in [0.25, 0.3) is 0 Å². The van der Waals surface area contributed by atoms with Crippen molar-refractivity contribution < 1.29 is 39.0 Å². The Labute approximate surface area is 242 Å². The molecule has 0 unspecified atom stereocenters. The minimum atomic E-state index is -1.45. The Kier molecular flexibility index (Phi) is 7.67. The van der Waals surface area contributed by atoms with Crippen LogP contribution in [0, 0.1) is 0 Å². The van der Waals surface area contributed by atoms with Gasteiger partial charge < -0.3 is 20.8 Å². The van der Waals surface area contributed by atoms with Gasteiger partial charge in [0.05, 0.1) is 33.7 Å². The zero-order chi connectivity index (χ0) is 30.0. The predicted octanol–water partition coefficient (Wildman–Crippen LogP) is 4.84. The van der Waals surface area contributed by atoms with E-state index in [2.05, 4.69) is 10.6 Å². The minimum Gasteiger partial charge on any atom is -0.478 e. The second-order valence-corrected chi connectivity index (χ2v) is 10.2. The molecule has 1 aliphatic carbocycles. The Morgan fingerprint density at radius 2 is 1.36 bits per heavy atom. The molecule has 2 amide bonds. The number of carbonyl (C=O) groups excluding carboxylic acids is 4. The zero-order valence-electron chi connectivity index (χ0n) is 21.5. The molecule has 10 nitrogen and oxygen atoms in total. The van der Waals surface area contributed by atoms with Crippen molar-refractivity contribution in [1.29, 1.82) is 0 Å². The SMILES string of the molecule is O=C(CSc1cccc(NC(=O)c2ccc(C(=O)O)cc2C(=O)O)c1)Nc1cccc2c1C(=O)c1ccccc1C2=O. The van der Waals surface area contributed by atoms with Crippen molar-refractivity contribution in [3.8, 4) is 0 Å². The molecule has 208 valence electrons. The van der Waals surface area contributed by atoms with E-state index in [0.29, 0.717) is 16.1 Å². The normalized spacial score (nSPS) is 11.7. The number of ketones is 2. The summed E-state index contributed by atoms with van der Waals surface area (Å²) in [6, 6.07) is 20.9. The van der Waals surface area contributed by atoms with E-state index in [1.54, 1.807) is 66.7 Å². The number of thioether (sulfide) groups is 1. The number of rotatable bonds is 8. The molecular formula is C31H20N2O8S. The molecule has 0 heterocycles. The van der Waals surface area contributed by atoms with E-state index >= 15 is 0 Å². The molecule has 0 atom stereocenters. The second kappa shape index (κ2) is 11.5. The zero-order valence-corrected chi connectivity index (χ0v) is 22.4. The van der Waals surface area contributed by atoms with Crippen LogP contribution in [0.3, 0.4) is 0 Å². The van der Waals surface area contributed by atoms with Crippen molar-refractivity contribution in [2.24, 2.45) is 0 Å². The molecule has 0 aromatic heterocycles. The molecule has 0 saturated carbocycles. The molecule has 0 bridgehead atoms.